The maximum absolute atomic E-state index is 11.4. The lowest BCUT2D eigenvalue weighted by Gasteiger charge is -2.20. The van der Waals surface area contributed by atoms with E-state index < -0.39 is 19.4 Å². The average Bonchev–Trinajstić information content (AvgIpc) is 2.33. The van der Waals surface area contributed by atoms with Crippen LogP contribution in [0.4, 0.5) is 4.79 Å². The first-order valence-corrected chi connectivity index (χ1v) is 7.37. The number of carbonyl (C=O) groups is 1. The molecule has 1 rings (SSSR count). The summed E-state index contributed by atoms with van der Waals surface area (Å²) in [6.45, 7) is 0.218. The lowest BCUT2D eigenvalue weighted by molar-refractivity contribution is 0.238. The topological polar surface area (TPSA) is 98.7 Å². The molecule has 1 atom stereocenters. The Kier molecular flexibility index (Phi) is 5.62. The van der Waals surface area contributed by atoms with E-state index in [1.54, 1.807) is 18.2 Å². The molecule has 0 aliphatic heterocycles. The molecule has 6 nitrogen and oxygen atoms in total. The highest BCUT2D eigenvalue weighted by molar-refractivity contribution is 7.52. The first-order chi connectivity index (χ1) is 8.45. The summed E-state index contributed by atoms with van der Waals surface area (Å²) in [6, 6.07) is 7.38. The fourth-order valence-corrected chi connectivity index (χ4v) is 2.27. The van der Waals surface area contributed by atoms with E-state index in [9.17, 15) is 19.1 Å². The minimum absolute atomic E-state index is 0.218. The van der Waals surface area contributed by atoms with Crippen molar-refractivity contribution in [2.24, 2.45) is 0 Å². The molecule has 0 aliphatic rings. The monoisotopic (exact) mass is 292 g/mol. The summed E-state index contributed by atoms with van der Waals surface area (Å²) in [5.41, 5.74) is 0.340. The zero-order chi connectivity index (χ0) is 13.6. The van der Waals surface area contributed by atoms with E-state index in [2.05, 4.69) is 10.6 Å². The predicted octanol–water partition coefficient (Wildman–Crippen LogP) is 1.40. The Hall–Kier alpha value is -1.07. The Labute approximate surface area is 110 Å². The third-order valence-corrected chi connectivity index (χ3v) is 3.39. The van der Waals surface area contributed by atoms with Gasteiger partial charge in [0.1, 0.15) is 0 Å². The van der Waals surface area contributed by atoms with Crippen LogP contribution < -0.4 is 10.6 Å². The maximum Gasteiger partial charge on any atom is 0.352 e. The number of rotatable bonds is 5. The molecule has 0 saturated heterocycles. The van der Waals surface area contributed by atoms with Gasteiger partial charge in [-0.15, -0.1) is 11.6 Å². The lowest BCUT2D eigenvalue weighted by atomic mass is 10.2. The van der Waals surface area contributed by atoms with Crippen LogP contribution in [-0.2, 0) is 4.57 Å². The highest BCUT2D eigenvalue weighted by Gasteiger charge is 2.31. The molecule has 0 heterocycles. The van der Waals surface area contributed by atoms with E-state index in [4.69, 9.17) is 11.6 Å². The van der Waals surface area contributed by atoms with Crippen molar-refractivity contribution in [3.8, 4) is 0 Å². The highest BCUT2D eigenvalue weighted by Crippen LogP contribution is 2.49. The van der Waals surface area contributed by atoms with E-state index >= 15 is 0 Å². The summed E-state index contributed by atoms with van der Waals surface area (Å²) < 4.78 is 11.4. The average molecular weight is 293 g/mol. The summed E-state index contributed by atoms with van der Waals surface area (Å²) >= 11 is 5.39. The normalized spacial score (nSPS) is 12.8. The fourth-order valence-electron chi connectivity index (χ4n) is 1.33. The van der Waals surface area contributed by atoms with Crippen molar-refractivity contribution in [3.63, 3.8) is 0 Å². The van der Waals surface area contributed by atoms with E-state index in [-0.39, 0.29) is 12.4 Å². The van der Waals surface area contributed by atoms with Gasteiger partial charge in [-0.05, 0) is 5.56 Å². The third kappa shape index (κ3) is 4.66. The first kappa shape index (κ1) is 15.0. The molecule has 1 aromatic carbocycles. The van der Waals surface area contributed by atoms with E-state index in [1.807, 2.05) is 0 Å². The van der Waals surface area contributed by atoms with Crippen molar-refractivity contribution < 1.29 is 19.1 Å². The number of hydrogen-bond acceptors (Lipinski definition) is 2. The van der Waals surface area contributed by atoms with Crippen LogP contribution in [0.3, 0.4) is 0 Å². The van der Waals surface area contributed by atoms with E-state index in [0.29, 0.717) is 5.56 Å². The standard InChI is InChI=1S/C10H14ClN2O4P/c11-6-7-12-10(14)13-9(18(15,16)17)8-4-2-1-3-5-8/h1-5,9H,6-7H2,(H2,12,13,14)(H2,15,16,17). The molecule has 1 unspecified atom stereocenters. The summed E-state index contributed by atoms with van der Waals surface area (Å²) in [5, 5.41) is 4.62. The van der Waals surface area contributed by atoms with Gasteiger partial charge in [0.15, 0.2) is 5.78 Å². The quantitative estimate of drug-likeness (QED) is 0.487. The van der Waals surface area contributed by atoms with Crippen molar-refractivity contribution >= 4 is 25.2 Å². The van der Waals surface area contributed by atoms with Gasteiger partial charge in [-0.3, -0.25) is 4.57 Å². The van der Waals surface area contributed by atoms with Crippen LogP contribution in [-0.4, -0.2) is 28.2 Å². The van der Waals surface area contributed by atoms with Gasteiger partial charge in [-0.1, -0.05) is 30.3 Å². The SMILES string of the molecule is O=C(NCCCl)NC(c1ccccc1)P(=O)(O)O. The van der Waals surface area contributed by atoms with Gasteiger partial charge < -0.3 is 20.4 Å². The summed E-state index contributed by atoms with van der Waals surface area (Å²) in [5.74, 6) is -1.15. The second kappa shape index (κ2) is 6.75. The molecule has 0 saturated carbocycles. The molecule has 8 heteroatoms. The number of halogens is 1. The summed E-state index contributed by atoms with van der Waals surface area (Å²) in [4.78, 5) is 29.9. The second-order valence-corrected chi connectivity index (χ2v) is 5.56. The predicted molar refractivity (Wildman–Crippen MR) is 68.5 cm³/mol. The summed E-state index contributed by atoms with van der Waals surface area (Å²) in [6.07, 6.45) is 0. The molecule has 0 aliphatic carbocycles. The molecule has 4 N–H and O–H groups in total. The minimum Gasteiger partial charge on any atom is -0.337 e. The van der Waals surface area contributed by atoms with Crippen molar-refractivity contribution in [1.82, 2.24) is 10.6 Å². The third-order valence-electron chi connectivity index (χ3n) is 2.10. The van der Waals surface area contributed by atoms with Crippen LogP contribution in [0.5, 0.6) is 0 Å². The van der Waals surface area contributed by atoms with Crippen molar-refractivity contribution in [1.29, 1.82) is 0 Å². The van der Waals surface area contributed by atoms with Gasteiger partial charge in [-0.25, -0.2) is 4.79 Å². The summed E-state index contributed by atoms with van der Waals surface area (Å²) in [7, 11) is -4.49. The lowest BCUT2D eigenvalue weighted by Crippen LogP contribution is -2.38. The smallest absolute Gasteiger partial charge is 0.337 e. The van der Waals surface area contributed by atoms with Gasteiger partial charge in [0.05, 0.1) is 0 Å². The van der Waals surface area contributed by atoms with Crippen LogP contribution in [0.2, 0.25) is 0 Å². The molecule has 0 bridgehead atoms. The van der Waals surface area contributed by atoms with Crippen LogP contribution >= 0.6 is 19.2 Å². The Bertz CT molecular complexity index is 437. The Morgan fingerprint density at radius 3 is 2.44 bits per heavy atom. The zero-order valence-electron chi connectivity index (χ0n) is 9.41. The molecule has 18 heavy (non-hydrogen) atoms. The van der Waals surface area contributed by atoms with Gasteiger partial charge in [0, 0.05) is 12.4 Å². The van der Waals surface area contributed by atoms with Crippen LogP contribution in [0.25, 0.3) is 0 Å². The Balaban J connectivity index is 2.82. The molecule has 0 spiro atoms. The number of carbonyl (C=O) groups excluding carboxylic acids is 1. The van der Waals surface area contributed by atoms with Gasteiger partial charge in [-0.2, -0.15) is 0 Å². The molecule has 0 fully saturated rings. The minimum atomic E-state index is -4.49. The number of benzene rings is 1. The number of urea groups is 1. The number of amides is 2. The molecular formula is C10H14ClN2O4P. The molecule has 100 valence electrons. The first-order valence-electron chi connectivity index (χ1n) is 5.15. The van der Waals surface area contributed by atoms with Crippen molar-refractivity contribution in [2.75, 3.05) is 12.4 Å². The van der Waals surface area contributed by atoms with Gasteiger partial charge in [0.2, 0.25) is 0 Å². The molecule has 0 aromatic heterocycles. The molecular weight excluding hydrogens is 279 g/mol. The molecule has 1 aromatic rings. The van der Waals surface area contributed by atoms with Gasteiger partial charge in [0.25, 0.3) is 0 Å². The van der Waals surface area contributed by atoms with Crippen molar-refractivity contribution in [3.05, 3.63) is 35.9 Å². The van der Waals surface area contributed by atoms with Crippen LogP contribution in [0.1, 0.15) is 11.3 Å². The van der Waals surface area contributed by atoms with Crippen LogP contribution in [0, 0.1) is 0 Å². The molecule has 2 amide bonds. The fraction of sp³-hybridized carbons (Fsp3) is 0.300. The largest absolute Gasteiger partial charge is 0.352 e. The van der Waals surface area contributed by atoms with E-state index in [1.165, 1.54) is 12.1 Å². The van der Waals surface area contributed by atoms with Crippen LogP contribution in [0.15, 0.2) is 30.3 Å². The Morgan fingerprint density at radius 1 is 1.33 bits per heavy atom. The molecule has 0 radical (unpaired) electrons. The second-order valence-electron chi connectivity index (χ2n) is 3.49. The zero-order valence-corrected chi connectivity index (χ0v) is 11.1. The highest BCUT2D eigenvalue weighted by atomic mass is 35.5. The van der Waals surface area contributed by atoms with Crippen molar-refractivity contribution in [2.45, 2.75) is 5.78 Å². The maximum atomic E-state index is 11.4. The van der Waals surface area contributed by atoms with E-state index in [0.717, 1.165) is 0 Å². The number of hydrogen-bond donors (Lipinski definition) is 4. The van der Waals surface area contributed by atoms with Gasteiger partial charge >= 0.3 is 13.6 Å². The number of nitrogens with one attached hydrogen (secondary N) is 2. The Morgan fingerprint density at radius 2 is 1.94 bits per heavy atom. The number of alkyl halides is 1.